The quantitative estimate of drug-likeness (QED) is 0.380. The van der Waals surface area contributed by atoms with Crippen molar-refractivity contribution in [2.75, 3.05) is 0 Å². The molecular weight excluding hydrogens is 384 g/mol. The van der Waals surface area contributed by atoms with Gasteiger partial charge in [0.1, 0.15) is 0 Å². The minimum absolute atomic E-state index is 0.857. The highest BCUT2D eigenvalue weighted by Crippen LogP contribution is 2.30. The first-order chi connectivity index (χ1) is 15.5. The van der Waals surface area contributed by atoms with E-state index < -0.39 is 0 Å². The maximum atomic E-state index is 3.36. The van der Waals surface area contributed by atoms with Crippen molar-refractivity contribution in [2.45, 2.75) is 52.9 Å². The highest BCUT2D eigenvalue weighted by Gasteiger charge is 2.18. The molecule has 3 aromatic carbocycles. The van der Waals surface area contributed by atoms with Crippen LogP contribution in [0.3, 0.4) is 0 Å². The van der Waals surface area contributed by atoms with E-state index in [9.17, 15) is 0 Å². The lowest BCUT2D eigenvalue weighted by Gasteiger charge is -2.26. The van der Waals surface area contributed by atoms with Gasteiger partial charge in [-0.1, -0.05) is 73.3 Å². The zero-order valence-corrected chi connectivity index (χ0v) is 19.5. The van der Waals surface area contributed by atoms with Crippen LogP contribution in [0.25, 0.3) is 0 Å². The van der Waals surface area contributed by atoms with Crippen molar-refractivity contribution >= 4 is 0 Å². The molecule has 3 aromatic rings. The lowest BCUT2D eigenvalue weighted by molar-refractivity contribution is 0.289. The lowest BCUT2D eigenvalue weighted by atomic mass is 9.80. The minimum Gasteiger partial charge on any atom is -0.0625 e. The van der Waals surface area contributed by atoms with Crippen LogP contribution in [0.2, 0.25) is 0 Å². The molecule has 0 aliphatic heterocycles. The van der Waals surface area contributed by atoms with E-state index in [1.807, 2.05) is 12.1 Å². The molecule has 1 aliphatic carbocycles. The van der Waals surface area contributed by atoms with E-state index in [1.165, 1.54) is 48.8 Å². The van der Waals surface area contributed by atoms with Gasteiger partial charge >= 0.3 is 0 Å². The molecule has 1 saturated carbocycles. The summed E-state index contributed by atoms with van der Waals surface area (Å²) in [6.07, 6.45) is 6.76. The molecule has 0 radical (unpaired) electrons. The summed E-state index contributed by atoms with van der Waals surface area (Å²) in [4.78, 5) is 0. The van der Waals surface area contributed by atoms with Gasteiger partial charge in [-0.25, -0.2) is 0 Å². The van der Waals surface area contributed by atoms with Crippen LogP contribution in [-0.4, -0.2) is 0 Å². The Balaban J connectivity index is 1.39. The molecular formula is C32H32. The number of hydrogen-bond donors (Lipinski definition) is 0. The Morgan fingerprint density at radius 2 is 1.19 bits per heavy atom. The summed E-state index contributed by atoms with van der Waals surface area (Å²) in [6.45, 7) is 6.66. The maximum Gasteiger partial charge on any atom is 0.0278 e. The van der Waals surface area contributed by atoms with Gasteiger partial charge in [0, 0.05) is 22.3 Å². The molecule has 0 nitrogen and oxygen atoms in total. The van der Waals surface area contributed by atoms with Gasteiger partial charge < -0.3 is 0 Å². The van der Waals surface area contributed by atoms with Crippen molar-refractivity contribution in [3.63, 3.8) is 0 Å². The Hall–Kier alpha value is -3.22. The normalized spacial score (nSPS) is 17.6. The molecule has 1 fully saturated rings. The molecule has 0 spiro atoms. The van der Waals surface area contributed by atoms with Crippen LogP contribution in [0.1, 0.15) is 71.6 Å². The van der Waals surface area contributed by atoms with Crippen LogP contribution < -0.4 is 0 Å². The standard InChI is InChI=1S/C32H32/c1-24-4-8-27(9-5-24)12-13-28-14-16-29(17-15-28)18-20-32-21-19-31(22-26(32)3)23-30-10-6-25(2)7-11-30/h4-5,8-9,14-17,19,21-22,25,30H,6-7,10-11,23H2,1-3H3. The van der Waals surface area contributed by atoms with E-state index >= 15 is 0 Å². The number of benzene rings is 3. The predicted molar refractivity (Wildman–Crippen MR) is 136 cm³/mol. The largest absolute Gasteiger partial charge is 0.0625 e. The predicted octanol–water partition coefficient (Wildman–Crippen LogP) is 7.47. The van der Waals surface area contributed by atoms with E-state index in [0.29, 0.717) is 0 Å². The first-order valence-corrected chi connectivity index (χ1v) is 11.9. The Morgan fingerprint density at radius 1 is 0.656 bits per heavy atom. The molecule has 0 bridgehead atoms. The number of rotatable bonds is 2. The average Bonchev–Trinajstić information content (AvgIpc) is 2.80. The first kappa shape index (κ1) is 22.0. The summed E-state index contributed by atoms with van der Waals surface area (Å²) >= 11 is 0. The average molecular weight is 417 g/mol. The Labute approximate surface area is 194 Å². The minimum atomic E-state index is 0.857. The van der Waals surface area contributed by atoms with Crippen molar-refractivity contribution < 1.29 is 0 Å². The molecule has 0 atom stereocenters. The monoisotopic (exact) mass is 416 g/mol. The summed E-state index contributed by atoms with van der Waals surface area (Å²) in [7, 11) is 0. The fourth-order valence-electron chi connectivity index (χ4n) is 4.42. The van der Waals surface area contributed by atoms with E-state index in [0.717, 1.165) is 34.1 Å². The smallest absolute Gasteiger partial charge is 0.0278 e. The number of aryl methyl sites for hydroxylation is 2. The molecule has 0 aromatic heterocycles. The Morgan fingerprint density at radius 3 is 1.75 bits per heavy atom. The topological polar surface area (TPSA) is 0 Å². The molecule has 0 heterocycles. The zero-order valence-electron chi connectivity index (χ0n) is 19.5. The second kappa shape index (κ2) is 10.4. The summed E-state index contributed by atoms with van der Waals surface area (Å²) < 4.78 is 0. The van der Waals surface area contributed by atoms with Crippen LogP contribution in [-0.2, 0) is 6.42 Å². The molecule has 0 saturated heterocycles. The third-order valence-corrected chi connectivity index (χ3v) is 6.58. The Kier molecular flexibility index (Phi) is 7.14. The fourth-order valence-corrected chi connectivity index (χ4v) is 4.42. The SMILES string of the molecule is Cc1ccc(C#Cc2ccc(C#Cc3ccc(CC4CCC(C)CC4)cc3C)cc2)cc1. The van der Waals surface area contributed by atoms with Gasteiger partial charge in [0.15, 0.2) is 0 Å². The highest BCUT2D eigenvalue weighted by atomic mass is 14.2. The third kappa shape index (κ3) is 6.15. The van der Waals surface area contributed by atoms with Crippen LogP contribution in [0.15, 0.2) is 66.7 Å². The summed E-state index contributed by atoms with van der Waals surface area (Å²) in [5.41, 5.74) is 8.18. The molecule has 0 N–H and O–H groups in total. The van der Waals surface area contributed by atoms with E-state index in [4.69, 9.17) is 0 Å². The molecule has 4 rings (SSSR count). The molecule has 32 heavy (non-hydrogen) atoms. The van der Waals surface area contributed by atoms with Crippen LogP contribution in [0.4, 0.5) is 0 Å². The Bertz CT molecular complexity index is 1160. The van der Waals surface area contributed by atoms with Crippen LogP contribution in [0.5, 0.6) is 0 Å². The lowest BCUT2D eigenvalue weighted by Crippen LogP contribution is -2.14. The van der Waals surface area contributed by atoms with Crippen molar-refractivity contribution in [3.05, 3.63) is 106 Å². The van der Waals surface area contributed by atoms with Gasteiger partial charge in [-0.15, -0.1) is 0 Å². The maximum absolute atomic E-state index is 3.36. The van der Waals surface area contributed by atoms with Gasteiger partial charge in [0.2, 0.25) is 0 Å². The molecule has 160 valence electrons. The van der Waals surface area contributed by atoms with E-state index in [2.05, 4.69) is 99.1 Å². The summed E-state index contributed by atoms with van der Waals surface area (Å²) in [5, 5.41) is 0. The first-order valence-electron chi connectivity index (χ1n) is 11.9. The van der Waals surface area contributed by atoms with Gasteiger partial charge in [0.25, 0.3) is 0 Å². The van der Waals surface area contributed by atoms with E-state index in [-0.39, 0.29) is 0 Å². The fraction of sp³-hybridized carbons (Fsp3) is 0.312. The second-order valence-corrected chi connectivity index (χ2v) is 9.42. The van der Waals surface area contributed by atoms with Gasteiger partial charge in [-0.3, -0.25) is 0 Å². The van der Waals surface area contributed by atoms with Crippen molar-refractivity contribution in [3.8, 4) is 23.7 Å². The van der Waals surface area contributed by atoms with E-state index in [1.54, 1.807) is 0 Å². The van der Waals surface area contributed by atoms with Crippen LogP contribution in [0, 0.1) is 49.4 Å². The van der Waals surface area contributed by atoms with Crippen molar-refractivity contribution in [1.82, 2.24) is 0 Å². The van der Waals surface area contributed by atoms with Gasteiger partial charge in [-0.05, 0) is 98.5 Å². The van der Waals surface area contributed by atoms with Crippen LogP contribution >= 0.6 is 0 Å². The highest BCUT2D eigenvalue weighted by molar-refractivity contribution is 5.50. The van der Waals surface area contributed by atoms with Crippen molar-refractivity contribution in [2.24, 2.45) is 11.8 Å². The summed E-state index contributed by atoms with van der Waals surface area (Å²) in [6, 6.07) is 23.3. The summed E-state index contributed by atoms with van der Waals surface area (Å²) in [5.74, 6) is 14.9. The second-order valence-electron chi connectivity index (χ2n) is 9.42. The van der Waals surface area contributed by atoms with Crippen molar-refractivity contribution in [1.29, 1.82) is 0 Å². The zero-order chi connectivity index (χ0) is 22.3. The molecule has 0 amide bonds. The molecule has 1 aliphatic rings. The third-order valence-electron chi connectivity index (χ3n) is 6.58. The van der Waals surface area contributed by atoms with Gasteiger partial charge in [0.05, 0.1) is 0 Å². The molecule has 0 heteroatoms. The number of hydrogen-bond acceptors (Lipinski definition) is 0. The van der Waals surface area contributed by atoms with Gasteiger partial charge in [-0.2, -0.15) is 0 Å². The molecule has 0 unspecified atom stereocenters.